The van der Waals surface area contributed by atoms with E-state index in [0.717, 1.165) is 10.5 Å². The molecule has 1 aliphatic heterocycles. The van der Waals surface area contributed by atoms with Gasteiger partial charge in [-0.15, -0.1) is 0 Å². The molecule has 1 saturated heterocycles. The Labute approximate surface area is 125 Å². The highest BCUT2D eigenvalue weighted by Gasteiger charge is 2.28. The smallest absolute Gasteiger partial charge is 0.416 e. The van der Waals surface area contributed by atoms with Crippen LogP contribution in [0.25, 0.3) is 6.08 Å². The minimum atomic E-state index is -0.717. The number of carbonyl (C=O) groups is 3. The van der Waals surface area contributed by atoms with Crippen molar-refractivity contribution in [3.63, 3.8) is 0 Å². The Morgan fingerprint density at radius 3 is 2.90 bits per heavy atom. The Hall–Kier alpha value is -2.34. The van der Waals surface area contributed by atoms with Gasteiger partial charge in [0, 0.05) is 11.1 Å². The zero-order valence-corrected chi connectivity index (χ0v) is 11.7. The van der Waals surface area contributed by atoms with Crippen molar-refractivity contribution < 1.29 is 23.9 Å². The maximum atomic E-state index is 11.6. The Morgan fingerprint density at radius 2 is 2.24 bits per heavy atom. The van der Waals surface area contributed by atoms with Crippen LogP contribution in [0.2, 0.25) is 5.02 Å². The second-order valence-corrected chi connectivity index (χ2v) is 4.59. The summed E-state index contributed by atoms with van der Waals surface area (Å²) in [6.45, 7) is -0.172. The molecule has 0 spiro atoms. The molecular weight excluding hydrogens is 298 g/mol. The van der Waals surface area contributed by atoms with Crippen LogP contribution in [0.15, 0.2) is 30.3 Å². The molecular formula is C14H12ClNO5. The first-order valence-corrected chi connectivity index (χ1v) is 6.51. The molecule has 1 heterocycles. The highest BCUT2D eigenvalue weighted by molar-refractivity contribution is 6.30. The van der Waals surface area contributed by atoms with Crippen LogP contribution in [0.5, 0.6) is 0 Å². The molecule has 1 aromatic rings. The van der Waals surface area contributed by atoms with Gasteiger partial charge in [0.15, 0.2) is 6.61 Å². The molecule has 0 bridgehead atoms. The molecule has 21 heavy (non-hydrogen) atoms. The van der Waals surface area contributed by atoms with Crippen LogP contribution < -0.4 is 0 Å². The summed E-state index contributed by atoms with van der Waals surface area (Å²) in [5.41, 5.74) is 0.730. The predicted octanol–water partition coefficient (Wildman–Crippen LogP) is 1.88. The maximum Gasteiger partial charge on any atom is 0.416 e. The average molecular weight is 310 g/mol. The number of hydrogen-bond acceptors (Lipinski definition) is 5. The van der Waals surface area contributed by atoms with Gasteiger partial charge >= 0.3 is 12.1 Å². The lowest BCUT2D eigenvalue weighted by Crippen LogP contribution is -2.35. The summed E-state index contributed by atoms with van der Waals surface area (Å²) >= 11 is 5.81. The van der Waals surface area contributed by atoms with Crippen molar-refractivity contribution in [3.8, 4) is 0 Å². The third kappa shape index (κ3) is 4.32. The first-order valence-electron chi connectivity index (χ1n) is 6.14. The number of imide groups is 1. The van der Waals surface area contributed by atoms with Gasteiger partial charge in [0.1, 0.15) is 6.61 Å². The van der Waals surface area contributed by atoms with E-state index in [0.29, 0.717) is 5.02 Å². The molecule has 1 fully saturated rings. The Bertz CT molecular complexity index is 599. The number of carbonyl (C=O) groups excluding carboxylic acids is 3. The molecule has 0 aliphatic carbocycles. The molecule has 0 radical (unpaired) electrons. The van der Waals surface area contributed by atoms with Crippen molar-refractivity contribution in [3.05, 3.63) is 40.9 Å². The van der Waals surface area contributed by atoms with Gasteiger partial charge < -0.3 is 9.47 Å². The fourth-order valence-electron chi connectivity index (χ4n) is 1.65. The van der Waals surface area contributed by atoms with Gasteiger partial charge in [0.2, 0.25) is 0 Å². The zero-order chi connectivity index (χ0) is 15.2. The molecule has 0 N–H and O–H groups in total. The minimum absolute atomic E-state index is 0.160. The number of esters is 1. The summed E-state index contributed by atoms with van der Waals surface area (Å²) in [7, 11) is 0. The topological polar surface area (TPSA) is 72.9 Å². The highest BCUT2D eigenvalue weighted by Crippen LogP contribution is 2.11. The molecule has 0 atom stereocenters. The van der Waals surface area contributed by atoms with Crippen LogP contribution in [0.4, 0.5) is 4.79 Å². The summed E-state index contributed by atoms with van der Waals surface area (Å²) in [5.74, 6) is -1.29. The van der Waals surface area contributed by atoms with Gasteiger partial charge in [-0.1, -0.05) is 23.7 Å². The molecule has 1 aromatic carbocycles. The molecule has 1 aliphatic rings. The van der Waals surface area contributed by atoms with Crippen LogP contribution in [-0.2, 0) is 19.1 Å². The molecule has 110 valence electrons. The minimum Gasteiger partial charge on any atom is -0.452 e. The highest BCUT2D eigenvalue weighted by atomic mass is 35.5. The molecule has 7 heteroatoms. The van der Waals surface area contributed by atoms with Crippen LogP contribution in [-0.4, -0.2) is 42.6 Å². The number of nitrogens with zero attached hydrogens (tertiary/aromatic N) is 1. The summed E-state index contributed by atoms with van der Waals surface area (Å²) in [6.07, 6.45) is 1.98. The van der Waals surface area contributed by atoms with Crippen molar-refractivity contribution in [2.24, 2.45) is 0 Å². The number of benzene rings is 1. The number of halogens is 1. The number of hydrogen-bond donors (Lipinski definition) is 0. The Kier molecular flexibility index (Phi) is 4.94. The third-order valence-corrected chi connectivity index (χ3v) is 2.90. The van der Waals surface area contributed by atoms with Crippen molar-refractivity contribution in [1.29, 1.82) is 0 Å². The van der Waals surface area contributed by atoms with Gasteiger partial charge in [-0.05, 0) is 23.8 Å². The van der Waals surface area contributed by atoms with Crippen molar-refractivity contribution in [1.82, 2.24) is 4.90 Å². The monoisotopic (exact) mass is 309 g/mol. The normalized spacial score (nSPS) is 14.3. The predicted molar refractivity (Wildman–Crippen MR) is 74.5 cm³/mol. The quantitative estimate of drug-likeness (QED) is 0.627. The van der Waals surface area contributed by atoms with Gasteiger partial charge in [-0.2, -0.15) is 0 Å². The van der Waals surface area contributed by atoms with E-state index in [1.165, 1.54) is 12.2 Å². The van der Waals surface area contributed by atoms with Gasteiger partial charge in [-0.25, -0.2) is 14.5 Å². The SMILES string of the molecule is O=C(/C=C/c1cccc(Cl)c1)OCC(=O)N1CCOC1=O. The molecule has 0 saturated carbocycles. The van der Waals surface area contributed by atoms with E-state index >= 15 is 0 Å². The van der Waals surface area contributed by atoms with Gasteiger partial charge in [0.05, 0.1) is 6.54 Å². The lowest BCUT2D eigenvalue weighted by Gasteiger charge is -2.09. The van der Waals surface area contributed by atoms with E-state index in [1.54, 1.807) is 24.3 Å². The van der Waals surface area contributed by atoms with Crippen LogP contribution >= 0.6 is 11.6 Å². The maximum absolute atomic E-state index is 11.6. The standard InChI is InChI=1S/C14H12ClNO5/c15-11-3-1-2-10(8-11)4-5-13(18)21-9-12(17)16-6-7-20-14(16)19/h1-5,8H,6-7,9H2/b5-4+. The fourth-order valence-corrected chi connectivity index (χ4v) is 1.85. The lowest BCUT2D eigenvalue weighted by atomic mass is 10.2. The number of rotatable bonds is 4. The van der Waals surface area contributed by atoms with Crippen LogP contribution in [0, 0.1) is 0 Å². The second-order valence-electron chi connectivity index (χ2n) is 4.16. The first kappa shape index (κ1) is 15.1. The largest absolute Gasteiger partial charge is 0.452 e. The van der Waals surface area contributed by atoms with Crippen LogP contribution in [0.3, 0.4) is 0 Å². The molecule has 6 nitrogen and oxygen atoms in total. The Morgan fingerprint density at radius 1 is 1.43 bits per heavy atom. The van der Waals surface area contributed by atoms with E-state index in [1.807, 2.05) is 0 Å². The Balaban J connectivity index is 1.82. The van der Waals surface area contributed by atoms with E-state index in [-0.39, 0.29) is 13.2 Å². The van der Waals surface area contributed by atoms with Crippen molar-refractivity contribution in [2.75, 3.05) is 19.8 Å². The zero-order valence-electron chi connectivity index (χ0n) is 11.0. The summed E-state index contributed by atoms with van der Waals surface area (Å²) in [4.78, 5) is 35.1. The van der Waals surface area contributed by atoms with E-state index in [2.05, 4.69) is 4.74 Å². The van der Waals surface area contributed by atoms with E-state index in [4.69, 9.17) is 16.3 Å². The molecule has 0 unspecified atom stereocenters. The van der Waals surface area contributed by atoms with Crippen LogP contribution in [0.1, 0.15) is 5.56 Å². The number of ether oxygens (including phenoxy) is 2. The van der Waals surface area contributed by atoms with Crippen molar-refractivity contribution >= 4 is 35.6 Å². The summed E-state index contributed by atoms with van der Waals surface area (Å²) < 4.78 is 9.37. The number of cyclic esters (lactones) is 1. The van der Waals surface area contributed by atoms with Gasteiger partial charge in [0.25, 0.3) is 5.91 Å². The summed E-state index contributed by atoms with van der Waals surface area (Å²) in [5, 5.41) is 0.549. The summed E-state index contributed by atoms with van der Waals surface area (Å²) in [6, 6.07) is 6.90. The van der Waals surface area contributed by atoms with Crippen molar-refractivity contribution in [2.45, 2.75) is 0 Å². The van der Waals surface area contributed by atoms with Gasteiger partial charge in [-0.3, -0.25) is 4.79 Å². The van der Waals surface area contributed by atoms with E-state index < -0.39 is 24.6 Å². The van der Waals surface area contributed by atoms with E-state index in [9.17, 15) is 14.4 Å². The lowest BCUT2D eigenvalue weighted by molar-refractivity contribution is -0.146. The second kappa shape index (κ2) is 6.90. The average Bonchev–Trinajstić information content (AvgIpc) is 2.89. The first-order chi connectivity index (χ1) is 10.1. The molecule has 2 amide bonds. The molecule has 0 aromatic heterocycles. The molecule has 2 rings (SSSR count). The third-order valence-electron chi connectivity index (χ3n) is 2.66. The number of amides is 2. The fraction of sp³-hybridized carbons (Fsp3) is 0.214.